The molecule has 0 aliphatic carbocycles. The fraction of sp³-hybridized carbons (Fsp3) is 0.714. The van der Waals surface area contributed by atoms with Gasteiger partial charge in [0.1, 0.15) is 34.1 Å². The first-order chi connectivity index (χ1) is 38.2. The molecular formula is C63H105O15Ti. The standard InChI is InChI=1S/3C21H36O5.Ti/c3*1-4-7-13-23-17-21(26-22,18-24-14-8-5-2)19-11-10-12-20(16-19)25-15-9-6-3;/h3*10-12,16,22H,4-9,13-15,17-18H2,1-3H3;/q;;;+3/p-3. The smallest absolute Gasteiger partial charge is 0.722 e. The summed E-state index contributed by atoms with van der Waals surface area (Å²) in [5, 5.41) is 35.3. The van der Waals surface area contributed by atoms with Crippen LogP contribution in [0.4, 0.5) is 0 Å². The van der Waals surface area contributed by atoms with E-state index in [0.29, 0.717) is 59.5 Å². The van der Waals surface area contributed by atoms with Crippen molar-refractivity contribution in [3.8, 4) is 17.2 Å². The molecule has 0 aliphatic heterocycles. The summed E-state index contributed by atoms with van der Waals surface area (Å²) in [6.07, 6.45) is 18.1. The molecule has 0 saturated carbocycles. The molecule has 0 aliphatic rings. The zero-order chi connectivity index (χ0) is 57.3. The molecule has 0 fully saturated rings. The third kappa shape index (κ3) is 32.7. The number of benzene rings is 3. The van der Waals surface area contributed by atoms with Gasteiger partial charge in [-0.3, -0.25) is 0 Å². The van der Waals surface area contributed by atoms with Gasteiger partial charge in [0, 0.05) is 39.6 Å². The van der Waals surface area contributed by atoms with Crippen molar-refractivity contribution in [2.24, 2.45) is 0 Å². The van der Waals surface area contributed by atoms with Crippen LogP contribution in [0.15, 0.2) is 72.8 Å². The maximum atomic E-state index is 11.8. The summed E-state index contributed by atoms with van der Waals surface area (Å²) < 4.78 is 51.7. The van der Waals surface area contributed by atoms with Gasteiger partial charge in [-0.15, -0.1) is 0 Å². The van der Waals surface area contributed by atoms with Crippen LogP contribution in [0.2, 0.25) is 0 Å². The zero-order valence-corrected chi connectivity index (χ0v) is 51.9. The number of rotatable bonds is 48. The van der Waals surface area contributed by atoms with Crippen molar-refractivity contribution in [3.05, 3.63) is 89.5 Å². The Morgan fingerprint density at radius 1 is 0.291 bits per heavy atom. The van der Waals surface area contributed by atoms with Crippen molar-refractivity contribution < 1.29 is 94.8 Å². The summed E-state index contributed by atoms with van der Waals surface area (Å²) in [4.78, 5) is 14.1. The van der Waals surface area contributed by atoms with Crippen molar-refractivity contribution in [1.29, 1.82) is 0 Å². The molecule has 1 radical (unpaired) electrons. The number of ether oxygens (including phenoxy) is 9. The van der Waals surface area contributed by atoms with Crippen LogP contribution >= 0.6 is 0 Å². The van der Waals surface area contributed by atoms with Gasteiger partial charge < -0.3 is 73.1 Å². The molecule has 16 heteroatoms. The first-order valence-electron chi connectivity index (χ1n) is 29.8. The molecule has 3 rings (SSSR count). The molecule has 0 spiro atoms. The third-order valence-electron chi connectivity index (χ3n) is 12.7. The van der Waals surface area contributed by atoms with E-state index in [4.69, 9.17) is 57.3 Å². The van der Waals surface area contributed by atoms with E-state index in [2.05, 4.69) is 62.3 Å². The summed E-state index contributed by atoms with van der Waals surface area (Å²) in [6.45, 7) is 25.6. The average molecular weight is 1150 g/mol. The SMILES string of the molecule is CCCCOCC(COCCCC)(O[O-])c1cccc(OCCCC)c1.CCCCOCC(COCCCC)(O[O-])c1cccc(OCCCC)c1.CCCCOCC(COCCCC)(O[O-])c1cccc(OCCCC)c1.[Ti+3]. The van der Waals surface area contributed by atoms with Crippen LogP contribution in [-0.2, 0) is 81.6 Å². The van der Waals surface area contributed by atoms with E-state index in [0.717, 1.165) is 150 Å². The van der Waals surface area contributed by atoms with Gasteiger partial charge in [-0.1, -0.05) is 156 Å². The Balaban J connectivity index is 0.00000115. The normalized spacial score (nSPS) is 11.5. The van der Waals surface area contributed by atoms with Crippen LogP contribution in [-0.4, -0.2) is 99.1 Å². The minimum absolute atomic E-state index is 0. The fourth-order valence-corrected chi connectivity index (χ4v) is 7.43. The Kier molecular flexibility index (Phi) is 49.2. The van der Waals surface area contributed by atoms with Crippen LogP contribution in [0.5, 0.6) is 17.2 Å². The first-order valence-corrected chi connectivity index (χ1v) is 29.8. The predicted octanol–water partition coefficient (Wildman–Crippen LogP) is 12.0. The molecule has 3 aromatic carbocycles. The molecule has 0 unspecified atom stereocenters. The maximum Gasteiger partial charge on any atom is 3.00 e. The van der Waals surface area contributed by atoms with Gasteiger partial charge in [-0.05, 0) is 111 Å². The van der Waals surface area contributed by atoms with E-state index in [9.17, 15) is 15.8 Å². The van der Waals surface area contributed by atoms with Gasteiger partial charge in [-0.2, -0.15) is 0 Å². The molecule has 0 amide bonds. The Morgan fingerprint density at radius 3 is 0.658 bits per heavy atom. The predicted molar refractivity (Wildman–Crippen MR) is 303 cm³/mol. The summed E-state index contributed by atoms with van der Waals surface area (Å²) in [7, 11) is 0. The summed E-state index contributed by atoms with van der Waals surface area (Å²) in [5.41, 5.74) is -1.29. The molecule has 0 atom stereocenters. The Labute approximate surface area is 493 Å². The number of hydrogen-bond donors (Lipinski definition) is 0. The number of unbranched alkanes of at least 4 members (excludes halogenated alkanes) is 9. The number of hydrogen-bond acceptors (Lipinski definition) is 15. The van der Waals surface area contributed by atoms with E-state index in [1.165, 1.54) is 0 Å². The second-order valence-electron chi connectivity index (χ2n) is 19.9. The van der Waals surface area contributed by atoms with Crippen molar-refractivity contribution in [3.63, 3.8) is 0 Å². The molecule has 0 N–H and O–H groups in total. The molecule has 0 bridgehead atoms. The van der Waals surface area contributed by atoms with E-state index >= 15 is 0 Å². The quantitative estimate of drug-likeness (QED) is 0.0225. The third-order valence-corrected chi connectivity index (χ3v) is 12.7. The van der Waals surface area contributed by atoms with E-state index in [-0.39, 0.29) is 61.4 Å². The van der Waals surface area contributed by atoms with Gasteiger partial charge in [0.2, 0.25) is 0 Å². The van der Waals surface area contributed by atoms with Crippen molar-refractivity contribution >= 4 is 0 Å². The van der Waals surface area contributed by atoms with Gasteiger partial charge >= 0.3 is 21.7 Å². The second-order valence-corrected chi connectivity index (χ2v) is 19.9. The van der Waals surface area contributed by atoms with Gasteiger partial charge in [0.25, 0.3) is 0 Å². The second kappa shape index (κ2) is 51.0. The van der Waals surface area contributed by atoms with E-state index in [1.54, 1.807) is 0 Å². The minimum Gasteiger partial charge on any atom is -0.722 e. The fourth-order valence-electron chi connectivity index (χ4n) is 7.43. The molecule has 3 aromatic rings. The molecule has 0 aromatic heterocycles. The first kappa shape index (κ1) is 76.3. The van der Waals surface area contributed by atoms with Crippen LogP contribution in [0.3, 0.4) is 0 Å². The Morgan fingerprint density at radius 2 is 0.481 bits per heavy atom. The zero-order valence-electron chi connectivity index (χ0n) is 50.4. The van der Waals surface area contributed by atoms with Crippen molar-refractivity contribution in [2.45, 2.75) is 195 Å². The van der Waals surface area contributed by atoms with Gasteiger partial charge in [0.05, 0.1) is 59.5 Å². The van der Waals surface area contributed by atoms with Crippen LogP contribution in [0.1, 0.15) is 195 Å². The summed E-state index contributed by atoms with van der Waals surface area (Å²) in [5.74, 6) is 2.21. The molecular weight excluding hydrogens is 1040 g/mol. The topological polar surface area (TPSA) is 180 Å². The molecule has 0 heterocycles. The van der Waals surface area contributed by atoms with E-state index < -0.39 is 16.8 Å². The Bertz CT molecular complexity index is 1570. The van der Waals surface area contributed by atoms with Crippen LogP contribution in [0, 0.1) is 0 Å². The minimum atomic E-state index is -1.16. The van der Waals surface area contributed by atoms with Crippen LogP contribution < -0.4 is 30.0 Å². The van der Waals surface area contributed by atoms with Crippen molar-refractivity contribution in [2.75, 3.05) is 99.1 Å². The molecule has 451 valence electrons. The monoisotopic (exact) mass is 1150 g/mol. The van der Waals surface area contributed by atoms with Crippen molar-refractivity contribution in [1.82, 2.24) is 0 Å². The van der Waals surface area contributed by atoms with Gasteiger partial charge in [0.15, 0.2) is 0 Å². The summed E-state index contributed by atoms with van der Waals surface area (Å²) >= 11 is 0. The maximum absolute atomic E-state index is 11.8. The Hall–Kier alpha value is -2.71. The van der Waals surface area contributed by atoms with Crippen LogP contribution in [0.25, 0.3) is 0 Å². The van der Waals surface area contributed by atoms with E-state index in [1.807, 2.05) is 72.8 Å². The summed E-state index contributed by atoms with van der Waals surface area (Å²) in [6, 6.07) is 22.5. The largest absolute Gasteiger partial charge is 3.00 e. The average Bonchev–Trinajstić information content (AvgIpc) is 3.49. The van der Waals surface area contributed by atoms with Gasteiger partial charge in [-0.25, -0.2) is 0 Å². The molecule has 0 saturated heterocycles. The molecule has 79 heavy (non-hydrogen) atoms. The molecule has 15 nitrogen and oxygen atoms in total.